The predicted molar refractivity (Wildman–Crippen MR) is 63.5 cm³/mol. The van der Waals surface area contributed by atoms with Gasteiger partial charge >= 0.3 is 0 Å². The maximum Gasteiger partial charge on any atom is 0.0199 e. The minimum Gasteiger partial charge on any atom is -0.296 e. The van der Waals surface area contributed by atoms with Gasteiger partial charge in [-0.1, -0.05) is 37.6 Å². The first-order valence-corrected chi connectivity index (χ1v) is 5.95. The molecule has 0 N–H and O–H groups in total. The largest absolute Gasteiger partial charge is 0.296 e. The highest BCUT2D eigenvalue weighted by Crippen LogP contribution is 2.30. The lowest BCUT2D eigenvalue weighted by molar-refractivity contribution is 0.327. The van der Waals surface area contributed by atoms with E-state index in [0.29, 0.717) is 0 Å². The van der Waals surface area contributed by atoms with Crippen LogP contribution in [0.2, 0.25) is 0 Å². The lowest BCUT2D eigenvalue weighted by Gasteiger charge is -2.11. The van der Waals surface area contributed by atoms with Gasteiger partial charge in [0, 0.05) is 12.6 Å². The van der Waals surface area contributed by atoms with Gasteiger partial charge < -0.3 is 0 Å². The lowest BCUT2D eigenvalue weighted by Crippen LogP contribution is -2.21. The summed E-state index contributed by atoms with van der Waals surface area (Å²) in [6.45, 7) is 8.64. The SMILES string of the molecule is C/C=C\C=C1\CC2CCCN2C1.CC. The summed E-state index contributed by atoms with van der Waals surface area (Å²) in [6, 6.07) is 0.890. The molecule has 0 aromatic heterocycles. The normalized spacial score (nSPS) is 29.4. The molecule has 2 heterocycles. The minimum atomic E-state index is 0.890. The number of hydrogen-bond acceptors (Lipinski definition) is 1. The highest BCUT2D eigenvalue weighted by Gasteiger charge is 2.30. The van der Waals surface area contributed by atoms with Gasteiger partial charge in [-0.3, -0.25) is 4.90 Å². The third-order valence-electron chi connectivity index (χ3n) is 2.93. The van der Waals surface area contributed by atoms with Gasteiger partial charge in [-0.2, -0.15) is 0 Å². The zero-order valence-corrected chi connectivity index (χ0v) is 9.79. The fourth-order valence-electron chi connectivity index (χ4n) is 2.32. The van der Waals surface area contributed by atoms with Gasteiger partial charge in [0.2, 0.25) is 0 Å². The Morgan fingerprint density at radius 3 is 2.79 bits per heavy atom. The van der Waals surface area contributed by atoms with Crippen molar-refractivity contribution in [3.05, 3.63) is 23.8 Å². The average molecular weight is 193 g/mol. The Bertz CT molecular complexity index is 201. The van der Waals surface area contributed by atoms with Gasteiger partial charge in [-0.05, 0) is 32.7 Å². The highest BCUT2D eigenvalue weighted by molar-refractivity contribution is 5.19. The maximum absolute atomic E-state index is 2.62. The Hall–Kier alpha value is -0.560. The van der Waals surface area contributed by atoms with Crippen LogP contribution in [0.3, 0.4) is 0 Å². The summed E-state index contributed by atoms with van der Waals surface area (Å²) < 4.78 is 0. The van der Waals surface area contributed by atoms with E-state index in [-0.39, 0.29) is 0 Å². The Balaban J connectivity index is 0.000000461. The molecule has 1 unspecified atom stereocenters. The number of nitrogens with zero attached hydrogens (tertiary/aromatic N) is 1. The van der Waals surface area contributed by atoms with Gasteiger partial charge in [-0.25, -0.2) is 0 Å². The van der Waals surface area contributed by atoms with E-state index in [9.17, 15) is 0 Å². The molecule has 0 aromatic rings. The van der Waals surface area contributed by atoms with Crippen LogP contribution in [0.1, 0.15) is 40.0 Å². The molecular weight excluding hydrogens is 170 g/mol. The maximum atomic E-state index is 2.62. The molecule has 2 fully saturated rings. The first-order valence-electron chi connectivity index (χ1n) is 5.95. The molecule has 1 atom stereocenters. The summed E-state index contributed by atoms with van der Waals surface area (Å²) in [5, 5.41) is 0. The van der Waals surface area contributed by atoms with E-state index in [4.69, 9.17) is 0 Å². The molecular formula is C13H23N. The second-order valence-electron chi connectivity index (χ2n) is 3.82. The Kier molecular flexibility index (Phi) is 4.95. The average Bonchev–Trinajstić information content (AvgIpc) is 2.77. The van der Waals surface area contributed by atoms with Crippen molar-refractivity contribution < 1.29 is 0 Å². The molecule has 2 aliphatic heterocycles. The monoisotopic (exact) mass is 193 g/mol. The fraction of sp³-hybridized carbons (Fsp3) is 0.692. The van der Waals surface area contributed by atoms with Crippen molar-refractivity contribution in [2.45, 2.75) is 46.1 Å². The molecule has 0 radical (unpaired) electrons. The fourth-order valence-corrected chi connectivity index (χ4v) is 2.32. The molecule has 14 heavy (non-hydrogen) atoms. The van der Waals surface area contributed by atoms with Crippen molar-refractivity contribution in [1.29, 1.82) is 0 Å². The van der Waals surface area contributed by atoms with Crippen molar-refractivity contribution in [3.8, 4) is 0 Å². The smallest absolute Gasteiger partial charge is 0.0199 e. The highest BCUT2D eigenvalue weighted by atomic mass is 15.2. The molecule has 2 saturated heterocycles. The van der Waals surface area contributed by atoms with E-state index in [1.54, 1.807) is 5.57 Å². The molecule has 0 aliphatic carbocycles. The molecule has 0 spiro atoms. The number of hydrogen-bond donors (Lipinski definition) is 0. The summed E-state index contributed by atoms with van der Waals surface area (Å²) >= 11 is 0. The first-order chi connectivity index (χ1) is 6.90. The van der Waals surface area contributed by atoms with E-state index in [0.717, 1.165) is 6.04 Å². The second-order valence-corrected chi connectivity index (χ2v) is 3.82. The number of allylic oxidation sites excluding steroid dienone is 3. The molecule has 0 aromatic carbocycles. The van der Waals surface area contributed by atoms with Crippen molar-refractivity contribution in [3.63, 3.8) is 0 Å². The van der Waals surface area contributed by atoms with Crippen molar-refractivity contribution in [2.24, 2.45) is 0 Å². The third kappa shape index (κ3) is 2.71. The quantitative estimate of drug-likeness (QED) is 0.617. The first kappa shape index (κ1) is 11.5. The van der Waals surface area contributed by atoms with E-state index in [2.05, 4.69) is 30.1 Å². The van der Waals surface area contributed by atoms with Crippen LogP contribution >= 0.6 is 0 Å². The van der Waals surface area contributed by atoms with E-state index < -0.39 is 0 Å². The van der Waals surface area contributed by atoms with Crippen LogP contribution in [0.4, 0.5) is 0 Å². The van der Waals surface area contributed by atoms with E-state index in [1.165, 1.54) is 32.4 Å². The number of fused-ring (bicyclic) bond motifs is 1. The molecule has 2 aliphatic rings. The lowest BCUT2D eigenvalue weighted by atomic mass is 10.1. The predicted octanol–water partition coefficient (Wildman–Crippen LogP) is 3.38. The van der Waals surface area contributed by atoms with Crippen molar-refractivity contribution in [1.82, 2.24) is 4.90 Å². The molecule has 80 valence electrons. The van der Waals surface area contributed by atoms with Crippen LogP contribution in [0.15, 0.2) is 23.8 Å². The van der Waals surface area contributed by atoms with Gasteiger partial charge in [0.1, 0.15) is 0 Å². The molecule has 1 heteroatoms. The van der Waals surface area contributed by atoms with Gasteiger partial charge in [0.25, 0.3) is 0 Å². The zero-order valence-electron chi connectivity index (χ0n) is 9.79. The van der Waals surface area contributed by atoms with Crippen molar-refractivity contribution >= 4 is 0 Å². The van der Waals surface area contributed by atoms with Crippen LogP contribution < -0.4 is 0 Å². The Morgan fingerprint density at radius 2 is 2.14 bits per heavy atom. The summed E-state index contributed by atoms with van der Waals surface area (Å²) in [5.41, 5.74) is 1.62. The van der Waals surface area contributed by atoms with E-state index in [1.807, 2.05) is 13.8 Å². The molecule has 1 nitrogen and oxygen atoms in total. The van der Waals surface area contributed by atoms with E-state index >= 15 is 0 Å². The minimum absolute atomic E-state index is 0.890. The molecule has 0 bridgehead atoms. The summed E-state index contributed by atoms with van der Waals surface area (Å²) in [4.78, 5) is 2.62. The molecule has 0 amide bonds. The van der Waals surface area contributed by atoms with Crippen LogP contribution in [-0.4, -0.2) is 24.0 Å². The summed E-state index contributed by atoms with van der Waals surface area (Å²) in [5.74, 6) is 0. The van der Waals surface area contributed by atoms with Gasteiger partial charge in [0.05, 0.1) is 0 Å². The Labute approximate surface area is 88.5 Å². The molecule has 0 saturated carbocycles. The van der Waals surface area contributed by atoms with Crippen molar-refractivity contribution in [2.75, 3.05) is 13.1 Å². The van der Waals surface area contributed by atoms with Crippen LogP contribution in [0, 0.1) is 0 Å². The van der Waals surface area contributed by atoms with Crippen LogP contribution in [-0.2, 0) is 0 Å². The standard InChI is InChI=1S/C11H17N.C2H6/c1-2-3-5-10-8-11-6-4-7-12(11)9-10;1-2/h2-3,5,11H,4,6-9H2,1H3;1-2H3/b3-2-,10-5-;. The third-order valence-corrected chi connectivity index (χ3v) is 2.93. The Morgan fingerprint density at radius 1 is 1.36 bits per heavy atom. The number of rotatable bonds is 1. The van der Waals surface area contributed by atoms with Gasteiger partial charge in [0.15, 0.2) is 0 Å². The summed E-state index contributed by atoms with van der Waals surface area (Å²) in [6.07, 6.45) is 10.7. The van der Waals surface area contributed by atoms with Crippen LogP contribution in [0.25, 0.3) is 0 Å². The molecule has 2 rings (SSSR count). The van der Waals surface area contributed by atoms with Crippen LogP contribution in [0.5, 0.6) is 0 Å². The summed E-state index contributed by atoms with van der Waals surface area (Å²) in [7, 11) is 0. The topological polar surface area (TPSA) is 3.24 Å². The van der Waals surface area contributed by atoms with Gasteiger partial charge in [-0.15, -0.1) is 0 Å². The second kappa shape index (κ2) is 6.02. The zero-order chi connectivity index (χ0) is 10.4.